The first-order chi connectivity index (χ1) is 8.17. The molecule has 0 radical (unpaired) electrons. The largest absolute Gasteiger partial charge is 0.340 e. The molecule has 1 aromatic heterocycles. The van der Waals surface area contributed by atoms with E-state index in [0.717, 1.165) is 10.2 Å². The number of halogens is 1. The third kappa shape index (κ3) is 3.15. The van der Waals surface area contributed by atoms with Gasteiger partial charge in [-0.25, -0.2) is 15.8 Å². The van der Waals surface area contributed by atoms with Crippen LogP contribution in [0.4, 0.5) is 17.3 Å². The maximum atomic E-state index is 5.33. The Bertz CT molecular complexity index is 529. The van der Waals surface area contributed by atoms with Crippen molar-refractivity contribution in [3.05, 3.63) is 40.6 Å². The van der Waals surface area contributed by atoms with E-state index >= 15 is 0 Å². The van der Waals surface area contributed by atoms with Gasteiger partial charge in [0, 0.05) is 16.2 Å². The molecule has 0 fully saturated rings. The van der Waals surface area contributed by atoms with Crippen LogP contribution in [0.3, 0.4) is 0 Å². The maximum Gasteiger partial charge on any atom is 0.145 e. The first-order valence-corrected chi connectivity index (χ1v) is 5.81. The molecular weight excluding hydrogens is 282 g/mol. The van der Waals surface area contributed by atoms with Crippen LogP contribution in [0.1, 0.15) is 5.82 Å². The highest BCUT2D eigenvalue weighted by molar-refractivity contribution is 9.10. The number of benzene rings is 1. The normalized spacial score (nSPS) is 10.1. The smallest absolute Gasteiger partial charge is 0.145 e. The summed E-state index contributed by atoms with van der Waals surface area (Å²) in [5, 5.41) is 3.18. The van der Waals surface area contributed by atoms with Crippen LogP contribution in [0.5, 0.6) is 0 Å². The molecule has 2 rings (SSSR count). The third-order valence-electron chi connectivity index (χ3n) is 2.08. The predicted octanol–water partition coefficient (Wildman–Crippen LogP) is 2.58. The molecule has 0 unspecified atom stereocenters. The Morgan fingerprint density at radius 3 is 2.65 bits per heavy atom. The van der Waals surface area contributed by atoms with E-state index in [9.17, 15) is 0 Å². The molecule has 0 spiro atoms. The number of aromatic nitrogens is 2. The zero-order valence-electron chi connectivity index (χ0n) is 9.24. The molecule has 5 nitrogen and oxygen atoms in total. The van der Waals surface area contributed by atoms with Crippen LogP contribution in [0.2, 0.25) is 0 Å². The van der Waals surface area contributed by atoms with Gasteiger partial charge in [-0.15, -0.1) is 0 Å². The van der Waals surface area contributed by atoms with E-state index in [1.807, 2.05) is 31.2 Å². The highest BCUT2D eigenvalue weighted by Gasteiger charge is 2.01. The van der Waals surface area contributed by atoms with Gasteiger partial charge in [0.1, 0.15) is 17.5 Å². The van der Waals surface area contributed by atoms with E-state index in [-0.39, 0.29) is 0 Å². The predicted molar refractivity (Wildman–Crippen MR) is 72.0 cm³/mol. The number of nitrogens with one attached hydrogen (secondary N) is 2. The molecule has 0 aliphatic rings. The minimum Gasteiger partial charge on any atom is -0.340 e. The summed E-state index contributed by atoms with van der Waals surface area (Å²) in [6.07, 6.45) is 0. The Morgan fingerprint density at radius 2 is 1.94 bits per heavy atom. The van der Waals surface area contributed by atoms with Crippen molar-refractivity contribution < 1.29 is 0 Å². The molecule has 88 valence electrons. The highest BCUT2D eigenvalue weighted by atomic mass is 79.9. The van der Waals surface area contributed by atoms with E-state index in [2.05, 4.69) is 36.6 Å². The molecular formula is C11H12BrN5. The van der Waals surface area contributed by atoms with Crippen molar-refractivity contribution in [3.8, 4) is 0 Å². The molecule has 1 aromatic carbocycles. The van der Waals surface area contributed by atoms with E-state index in [0.29, 0.717) is 17.5 Å². The van der Waals surface area contributed by atoms with Crippen LogP contribution in [-0.4, -0.2) is 9.97 Å². The van der Waals surface area contributed by atoms with Gasteiger partial charge in [-0.1, -0.05) is 22.0 Å². The number of nitrogen functional groups attached to an aromatic ring is 1. The average molecular weight is 294 g/mol. The van der Waals surface area contributed by atoms with Crippen molar-refractivity contribution in [1.82, 2.24) is 9.97 Å². The monoisotopic (exact) mass is 293 g/mol. The summed E-state index contributed by atoms with van der Waals surface area (Å²) >= 11 is 3.41. The number of nitrogens with two attached hydrogens (primary N) is 1. The second kappa shape index (κ2) is 5.11. The standard InChI is InChI=1S/C11H12BrN5/c1-7-14-10(6-11(15-7)17-13)16-9-4-2-3-8(12)5-9/h2-6H,13H2,1H3,(H2,14,15,16,17). The van der Waals surface area contributed by atoms with Crippen molar-refractivity contribution in [1.29, 1.82) is 0 Å². The number of aryl methyl sites for hydroxylation is 1. The third-order valence-corrected chi connectivity index (χ3v) is 2.58. The van der Waals surface area contributed by atoms with Gasteiger partial charge in [0.25, 0.3) is 0 Å². The van der Waals surface area contributed by atoms with Crippen molar-refractivity contribution in [3.63, 3.8) is 0 Å². The van der Waals surface area contributed by atoms with Gasteiger partial charge >= 0.3 is 0 Å². The lowest BCUT2D eigenvalue weighted by Gasteiger charge is -2.08. The number of nitrogens with zero attached hydrogens (tertiary/aromatic N) is 2. The van der Waals surface area contributed by atoms with Gasteiger partial charge in [-0.2, -0.15) is 0 Å². The van der Waals surface area contributed by atoms with Gasteiger partial charge in [0.05, 0.1) is 0 Å². The minimum atomic E-state index is 0.579. The maximum absolute atomic E-state index is 5.33. The molecule has 2 aromatic rings. The van der Waals surface area contributed by atoms with Crippen molar-refractivity contribution in [2.24, 2.45) is 5.84 Å². The van der Waals surface area contributed by atoms with Crippen LogP contribution in [0.25, 0.3) is 0 Å². The molecule has 0 aliphatic heterocycles. The highest BCUT2D eigenvalue weighted by Crippen LogP contribution is 2.20. The lowest BCUT2D eigenvalue weighted by molar-refractivity contribution is 1.05. The first-order valence-electron chi connectivity index (χ1n) is 5.02. The fourth-order valence-corrected chi connectivity index (χ4v) is 1.82. The van der Waals surface area contributed by atoms with Gasteiger partial charge < -0.3 is 10.7 Å². The van der Waals surface area contributed by atoms with Crippen molar-refractivity contribution in [2.75, 3.05) is 10.7 Å². The second-order valence-corrected chi connectivity index (χ2v) is 4.38. The average Bonchev–Trinajstić information content (AvgIpc) is 2.28. The minimum absolute atomic E-state index is 0.579. The summed E-state index contributed by atoms with van der Waals surface area (Å²) < 4.78 is 1.01. The number of hydrazine groups is 1. The first kappa shape index (κ1) is 11.8. The zero-order chi connectivity index (χ0) is 12.3. The molecule has 6 heteroatoms. The number of hydrogen-bond donors (Lipinski definition) is 3. The Balaban J connectivity index is 2.26. The van der Waals surface area contributed by atoms with Crippen molar-refractivity contribution >= 4 is 33.3 Å². The SMILES string of the molecule is Cc1nc(NN)cc(Nc2cccc(Br)c2)n1. The Labute approximate surface area is 108 Å². The summed E-state index contributed by atoms with van der Waals surface area (Å²) in [6.45, 7) is 1.81. The van der Waals surface area contributed by atoms with E-state index in [4.69, 9.17) is 5.84 Å². The quantitative estimate of drug-likeness (QED) is 0.599. The fraction of sp³-hybridized carbons (Fsp3) is 0.0909. The Kier molecular flexibility index (Phi) is 3.55. The van der Waals surface area contributed by atoms with Crippen LogP contribution in [0, 0.1) is 6.92 Å². The summed E-state index contributed by atoms with van der Waals surface area (Å²) in [5.74, 6) is 7.26. The number of rotatable bonds is 3. The van der Waals surface area contributed by atoms with Crippen LogP contribution in [-0.2, 0) is 0 Å². The summed E-state index contributed by atoms with van der Waals surface area (Å²) in [6, 6.07) is 9.57. The molecule has 0 saturated heterocycles. The number of anilines is 3. The lowest BCUT2D eigenvalue weighted by Crippen LogP contribution is -2.10. The van der Waals surface area contributed by atoms with Crippen LogP contribution >= 0.6 is 15.9 Å². The van der Waals surface area contributed by atoms with Crippen LogP contribution in [0.15, 0.2) is 34.8 Å². The molecule has 0 aliphatic carbocycles. The Hall–Kier alpha value is -1.66. The summed E-state index contributed by atoms with van der Waals surface area (Å²) in [5.41, 5.74) is 3.45. The van der Waals surface area contributed by atoms with Gasteiger partial charge in [-0.3, -0.25) is 0 Å². The molecule has 4 N–H and O–H groups in total. The summed E-state index contributed by atoms with van der Waals surface area (Å²) in [4.78, 5) is 8.39. The second-order valence-electron chi connectivity index (χ2n) is 3.47. The van der Waals surface area contributed by atoms with Gasteiger partial charge in [-0.05, 0) is 25.1 Å². The zero-order valence-corrected chi connectivity index (χ0v) is 10.8. The molecule has 1 heterocycles. The van der Waals surface area contributed by atoms with E-state index in [1.54, 1.807) is 6.07 Å². The molecule has 0 atom stereocenters. The molecule has 0 saturated carbocycles. The van der Waals surface area contributed by atoms with E-state index < -0.39 is 0 Å². The topological polar surface area (TPSA) is 75.9 Å². The Morgan fingerprint density at radius 1 is 1.18 bits per heavy atom. The van der Waals surface area contributed by atoms with E-state index in [1.165, 1.54) is 0 Å². The van der Waals surface area contributed by atoms with Crippen LogP contribution < -0.4 is 16.6 Å². The summed E-state index contributed by atoms with van der Waals surface area (Å²) in [7, 11) is 0. The van der Waals surface area contributed by atoms with Crippen molar-refractivity contribution in [2.45, 2.75) is 6.92 Å². The lowest BCUT2D eigenvalue weighted by atomic mass is 10.3. The van der Waals surface area contributed by atoms with Gasteiger partial charge in [0.15, 0.2) is 0 Å². The molecule has 0 bridgehead atoms. The molecule has 17 heavy (non-hydrogen) atoms. The van der Waals surface area contributed by atoms with Gasteiger partial charge in [0.2, 0.25) is 0 Å². The number of hydrogen-bond acceptors (Lipinski definition) is 5. The fourth-order valence-electron chi connectivity index (χ4n) is 1.42. The molecule has 0 amide bonds.